The van der Waals surface area contributed by atoms with E-state index in [1.165, 1.54) is 18.2 Å². The number of hydrogen-bond donors (Lipinski definition) is 1. The zero-order valence-electron chi connectivity index (χ0n) is 11.8. The lowest BCUT2D eigenvalue weighted by Crippen LogP contribution is -2.08. The second-order valence-corrected chi connectivity index (χ2v) is 4.64. The van der Waals surface area contributed by atoms with Gasteiger partial charge < -0.3 is 10.5 Å². The summed E-state index contributed by atoms with van der Waals surface area (Å²) in [4.78, 5) is 4.38. The normalized spacial score (nSPS) is 10.2. The van der Waals surface area contributed by atoms with E-state index in [1.807, 2.05) is 19.1 Å². The Labute approximate surface area is 123 Å². The van der Waals surface area contributed by atoms with Gasteiger partial charge in [0.25, 0.3) is 0 Å². The van der Waals surface area contributed by atoms with Gasteiger partial charge in [0.15, 0.2) is 0 Å². The highest BCUT2D eigenvalue weighted by molar-refractivity contribution is 5.34. The number of hydrogen-bond acceptors (Lipinski definition) is 4. The van der Waals surface area contributed by atoms with Gasteiger partial charge >= 0.3 is 0 Å². The number of halogens is 1. The molecule has 0 saturated heterocycles. The lowest BCUT2D eigenvalue weighted by atomic mass is 10.1. The molecule has 5 heteroatoms. The summed E-state index contributed by atoms with van der Waals surface area (Å²) >= 11 is 0. The van der Waals surface area contributed by atoms with Crippen molar-refractivity contribution in [1.29, 1.82) is 5.26 Å². The highest BCUT2D eigenvalue weighted by atomic mass is 19.1. The predicted octanol–water partition coefficient (Wildman–Crippen LogP) is 2.48. The highest BCUT2D eigenvalue weighted by Gasteiger charge is 2.08. The van der Waals surface area contributed by atoms with Crippen molar-refractivity contribution in [2.75, 3.05) is 6.54 Å². The maximum absolute atomic E-state index is 13.7. The van der Waals surface area contributed by atoms with Gasteiger partial charge in [0.05, 0.1) is 17.3 Å². The second-order valence-electron chi connectivity index (χ2n) is 4.64. The van der Waals surface area contributed by atoms with Crippen molar-refractivity contribution in [2.45, 2.75) is 20.0 Å². The first-order chi connectivity index (χ1) is 10.1. The number of aromatic nitrogens is 1. The number of rotatable bonds is 5. The Kier molecular flexibility index (Phi) is 4.85. The molecule has 0 spiro atoms. The molecule has 0 saturated carbocycles. The Morgan fingerprint density at radius 2 is 2.14 bits per heavy atom. The van der Waals surface area contributed by atoms with Crippen LogP contribution in [-0.4, -0.2) is 11.5 Å². The number of nitrogens with zero attached hydrogens (tertiary/aromatic N) is 2. The molecule has 0 aliphatic heterocycles. The molecule has 0 fully saturated rings. The van der Waals surface area contributed by atoms with Crippen molar-refractivity contribution < 1.29 is 9.13 Å². The Hall–Kier alpha value is -2.45. The number of benzene rings is 1. The fourth-order valence-corrected chi connectivity index (χ4v) is 1.96. The molecule has 2 aromatic rings. The molecule has 0 aliphatic carbocycles. The number of pyridine rings is 1. The Morgan fingerprint density at radius 3 is 2.86 bits per heavy atom. The Bertz CT molecular complexity index is 680. The molecule has 1 heterocycles. The van der Waals surface area contributed by atoms with Crippen LogP contribution in [-0.2, 0) is 13.0 Å². The van der Waals surface area contributed by atoms with Crippen LogP contribution in [0.15, 0.2) is 30.3 Å². The topological polar surface area (TPSA) is 71.9 Å². The van der Waals surface area contributed by atoms with Crippen molar-refractivity contribution in [3.05, 3.63) is 58.7 Å². The van der Waals surface area contributed by atoms with E-state index in [0.717, 1.165) is 11.4 Å². The average Bonchev–Trinajstić information content (AvgIpc) is 2.48. The monoisotopic (exact) mass is 285 g/mol. The lowest BCUT2D eigenvalue weighted by molar-refractivity contribution is 0.295. The Morgan fingerprint density at radius 1 is 1.33 bits per heavy atom. The van der Waals surface area contributed by atoms with E-state index in [4.69, 9.17) is 15.7 Å². The molecule has 0 bridgehead atoms. The van der Waals surface area contributed by atoms with Gasteiger partial charge in [-0.1, -0.05) is 0 Å². The van der Waals surface area contributed by atoms with E-state index in [9.17, 15) is 4.39 Å². The number of nitrogens with two attached hydrogens (primary N) is 1. The van der Waals surface area contributed by atoms with Crippen LogP contribution in [0.25, 0.3) is 0 Å². The van der Waals surface area contributed by atoms with Gasteiger partial charge in [-0.3, -0.25) is 4.98 Å². The van der Waals surface area contributed by atoms with Crippen molar-refractivity contribution in [3.63, 3.8) is 0 Å². The van der Waals surface area contributed by atoms with Gasteiger partial charge in [0.1, 0.15) is 18.2 Å². The zero-order valence-corrected chi connectivity index (χ0v) is 11.8. The molecule has 1 aromatic carbocycles. The van der Waals surface area contributed by atoms with E-state index in [0.29, 0.717) is 29.8 Å². The SMILES string of the molecule is Cc1ccc(OCc2cc(C#N)ccc2F)c(CCN)n1. The van der Waals surface area contributed by atoms with E-state index in [-0.39, 0.29) is 6.61 Å². The first kappa shape index (κ1) is 14.9. The maximum atomic E-state index is 13.7. The summed E-state index contributed by atoms with van der Waals surface area (Å²) in [7, 11) is 0. The molecule has 21 heavy (non-hydrogen) atoms. The van der Waals surface area contributed by atoms with Gasteiger partial charge in [0, 0.05) is 17.7 Å². The van der Waals surface area contributed by atoms with Gasteiger partial charge in [0.2, 0.25) is 0 Å². The van der Waals surface area contributed by atoms with Gasteiger partial charge in [-0.2, -0.15) is 5.26 Å². The third-order valence-electron chi connectivity index (χ3n) is 3.01. The molecule has 1 aromatic heterocycles. The van der Waals surface area contributed by atoms with Gasteiger partial charge in [-0.05, 0) is 43.8 Å². The third-order valence-corrected chi connectivity index (χ3v) is 3.01. The zero-order chi connectivity index (χ0) is 15.2. The van der Waals surface area contributed by atoms with Gasteiger partial charge in [-0.25, -0.2) is 4.39 Å². The molecule has 108 valence electrons. The minimum Gasteiger partial charge on any atom is -0.487 e. The minimum absolute atomic E-state index is 0.0453. The standard InChI is InChI=1S/C16H16FN3O/c1-11-2-5-16(15(20-11)6-7-18)21-10-13-8-12(9-19)3-4-14(13)17/h2-5,8H,6-7,10,18H2,1H3. The van der Waals surface area contributed by atoms with Crippen LogP contribution in [0.4, 0.5) is 4.39 Å². The lowest BCUT2D eigenvalue weighted by Gasteiger charge is -2.11. The van der Waals surface area contributed by atoms with Gasteiger partial charge in [-0.15, -0.1) is 0 Å². The summed E-state index contributed by atoms with van der Waals surface area (Å²) in [5.41, 5.74) is 7.94. The van der Waals surface area contributed by atoms with Crippen molar-refractivity contribution in [2.24, 2.45) is 5.73 Å². The molecule has 2 N–H and O–H groups in total. The number of nitriles is 1. The molecule has 0 unspecified atom stereocenters. The largest absolute Gasteiger partial charge is 0.487 e. The fourth-order valence-electron chi connectivity index (χ4n) is 1.96. The van der Waals surface area contributed by atoms with Crippen LogP contribution < -0.4 is 10.5 Å². The van der Waals surface area contributed by atoms with Crippen molar-refractivity contribution >= 4 is 0 Å². The first-order valence-electron chi connectivity index (χ1n) is 6.62. The molecule has 2 rings (SSSR count). The quantitative estimate of drug-likeness (QED) is 0.916. The van der Waals surface area contributed by atoms with E-state index in [1.54, 1.807) is 6.07 Å². The fraction of sp³-hybridized carbons (Fsp3) is 0.250. The van der Waals surface area contributed by atoms with E-state index in [2.05, 4.69) is 4.98 Å². The average molecular weight is 285 g/mol. The van der Waals surface area contributed by atoms with Crippen LogP contribution >= 0.6 is 0 Å². The summed E-state index contributed by atoms with van der Waals surface area (Å²) in [6, 6.07) is 9.81. The van der Waals surface area contributed by atoms with E-state index < -0.39 is 5.82 Å². The summed E-state index contributed by atoms with van der Waals surface area (Å²) in [5.74, 6) is 0.197. The summed E-state index contributed by atoms with van der Waals surface area (Å²) in [6.45, 7) is 2.40. The number of ether oxygens (including phenoxy) is 1. The molecular weight excluding hydrogens is 269 g/mol. The van der Waals surface area contributed by atoms with Crippen molar-refractivity contribution in [3.8, 4) is 11.8 Å². The maximum Gasteiger partial charge on any atom is 0.141 e. The summed E-state index contributed by atoms with van der Waals surface area (Å²) < 4.78 is 19.3. The number of aryl methyl sites for hydroxylation is 1. The summed E-state index contributed by atoms with van der Waals surface area (Å²) in [5, 5.41) is 8.85. The smallest absolute Gasteiger partial charge is 0.141 e. The molecule has 0 amide bonds. The van der Waals surface area contributed by atoms with Crippen LogP contribution in [0.1, 0.15) is 22.5 Å². The van der Waals surface area contributed by atoms with Crippen LogP contribution in [0.3, 0.4) is 0 Å². The van der Waals surface area contributed by atoms with Crippen LogP contribution in [0.2, 0.25) is 0 Å². The third kappa shape index (κ3) is 3.77. The van der Waals surface area contributed by atoms with Crippen LogP contribution in [0, 0.1) is 24.1 Å². The highest BCUT2D eigenvalue weighted by Crippen LogP contribution is 2.20. The van der Waals surface area contributed by atoms with E-state index >= 15 is 0 Å². The first-order valence-corrected chi connectivity index (χ1v) is 6.62. The Balaban J connectivity index is 2.18. The molecule has 0 atom stereocenters. The van der Waals surface area contributed by atoms with Crippen LogP contribution in [0.5, 0.6) is 5.75 Å². The minimum atomic E-state index is -0.394. The predicted molar refractivity (Wildman–Crippen MR) is 77.2 cm³/mol. The molecule has 0 aliphatic rings. The second kappa shape index (κ2) is 6.82. The molecule has 0 radical (unpaired) electrons. The summed E-state index contributed by atoms with van der Waals surface area (Å²) in [6.07, 6.45) is 0.595. The molecule has 4 nitrogen and oxygen atoms in total. The van der Waals surface area contributed by atoms with Crippen molar-refractivity contribution in [1.82, 2.24) is 4.98 Å². The molecular formula is C16H16FN3O.